The lowest BCUT2D eigenvalue weighted by Gasteiger charge is -2.50. The maximum absolute atomic E-state index is 6.42. The van der Waals surface area contributed by atoms with Gasteiger partial charge in [0.1, 0.15) is 11.9 Å². The fraction of sp³-hybridized carbons (Fsp3) is 0.571. The Kier molecular flexibility index (Phi) is 3.12. The highest BCUT2D eigenvalue weighted by Gasteiger charge is 2.56. The summed E-state index contributed by atoms with van der Waals surface area (Å²) in [6.45, 7) is 0. The van der Waals surface area contributed by atoms with E-state index in [2.05, 4.69) is 15.9 Å². The van der Waals surface area contributed by atoms with Crippen LogP contribution in [0.15, 0.2) is 28.7 Å². The summed E-state index contributed by atoms with van der Waals surface area (Å²) in [6, 6.07) is 8.08. The largest absolute Gasteiger partial charge is 0.490 e. The average molecular weight is 316 g/mol. The van der Waals surface area contributed by atoms with E-state index >= 15 is 0 Å². The summed E-state index contributed by atoms with van der Waals surface area (Å²) < 4.78 is 7.19. The molecule has 2 atom stereocenters. The van der Waals surface area contributed by atoms with E-state index in [9.17, 15) is 0 Å². The molecule has 1 aromatic carbocycles. The van der Waals surface area contributed by atoms with E-state index in [1.54, 1.807) is 0 Å². The molecule has 0 bridgehead atoms. The molecule has 0 aliphatic heterocycles. The van der Waals surface area contributed by atoms with E-state index in [-0.39, 0.29) is 5.41 Å². The van der Waals surface area contributed by atoms with Crippen molar-refractivity contribution in [3.63, 3.8) is 0 Å². The molecule has 0 amide bonds. The summed E-state index contributed by atoms with van der Waals surface area (Å²) in [5.41, 5.74) is 0.268. The molecule has 2 unspecified atom stereocenters. The van der Waals surface area contributed by atoms with Gasteiger partial charge in [0.15, 0.2) is 0 Å². The van der Waals surface area contributed by atoms with Crippen molar-refractivity contribution in [2.75, 3.05) is 0 Å². The van der Waals surface area contributed by atoms with Crippen LogP contribution in [-0.2, 0) is 0 Å². The summed E-state index contributed by atoms with van der Waals surface area (Å²) >= 11 is 9.89. The van der Waals surface area contributed by atoms with Crippen LogP contribution in [0.1, 0.15) is 32.1 Å². The topological polar surface area (TPSA) is 9.23 Å². The standard InChI is InChI=1S/C14H16BrClO/c15-10-4-3-5-11(8-10)17-13-9-12(16)14(13)6-1-2-7-14/h3-5,8,12-13H,1-2,6-7,9H2. The molecule has 1 nitrogen and oxygen atoms in total. The van der Waals surface area contributed by atoms with Gasteiger partial charge in [0.05, 0.1) is 0 Å². The molecule has 17 heavy (non-hydrogen) atoms. The first kappa shape index (κ1) is 11.9. The van der Waals surface area contributed by atoms with Gasteiger partial charge in [-0.2, -0.15) is 0 Å². The zero-order valence-corrected chi connectivity index (χ0v) is 12.0. The van der Waals surface area contributed by atoms with Crippen molar-refractivity contribution >= 4 is 27.5 Å². The fourth-order valence-electron chi connectivity index (χ4n) is 3.24. The molecular weight excluding hydrogens is 300 g/mol. The van der Waals surface area contributed by atoms with Crippen molar-refractivity contribution in [1.82, 2.24) is 0 Å². The summed E-state index contributed by atoms with van der Waals surface area (Å²) in [7, 11) is 0. The smallest absolute Gasteiger partial charge is 0.120 e. The van der Waals surface area contributed by atoms with Crippen molar-refractivity contribution in [1.29, 1.82) is 0 Å². The zero-order valence-electron chi connectivity index (χ0n) is 9.66. The summed E-state index contributed by atoms with van der Waals surface area (Å²) in [5.74, 6) is 0.958. The highest BCUT2D eigenvalue weighted by Crippen LogP contribution is 2.57. The second kappa shape index (κ2) is 4.47. The lowest BCUT2D eigenvalue weighted by molar-refractivity contribution is -0.0355. The summed E-state index contributed by atoms with van der Waals surface area (Å²) in [6.07, 6.45) is 6.40. The molecule has 2 saturated carbocycles. The Morgan fingerprint density at radius 2 is 2.06 bits per heavy atom. The van der Waals surface area contributed by atoms with Crippen LogP contribution in [0.3, 0.4) is 0 Å². The number of rotatable bonds is 2. The summed E-state index contributed by atoms with van der Waals surface area (Å²) in [4.78, 5) is 0. The fourth-order valence-corrected chi connectivity index (χ4v) is 4.14. The van der Waals surface area contributed by atoms with E-state index in [0.29, 0.717) is 11.5 Å². The van der Waals surface area contributed by atoms with Crippen LogP contribution in [0.4, 0.5) is 0 Å². The zero-order chi connectivity index (χ0) is 11.9. The number of halogens is 2. The van der Waals surface area contributed by atoms with Gasteiger partial charge in [-0.1, -0.05) is 34.8 Å². The Bertz CT molecular complexity index is 414. The van der Waals surface area contributed by atoms with Crippen LogP contribution in [-0.4, -0.2) is 11.5 Å². The average Bonchev–Trinajstić information content (AvgIpc) is 2.80. The Balaban J connectivity index is 1.74. The number of benzene rings is 1. The molecule has 1 aromatic rings. The minimum Gasteiger partial charge on any atom is -0.490 e. The second-order valence-electron chi connectivity index (χ2n) is 5.21. The number of hydrogen-bond acceptors (Lipinski definition) is 1. The molecule has 2 aliphatic rings. The Hall–Kier alpha value is -0.210. The van der Waals surface area contributed by atoms with Crippen LogP contribution < -0.4 is 4.74 Å². The molecule has 0 heterocycles. The third-order valence-electron chi connectivity index (χ3n) is 4.29. The molecule has 1 spiro atoms. The molecule has 0 aromatic heterocycles. The maximum Gasteiger partial charge on any atom is 0.120 e. The van der Waals surface area contributed by atoms with Gasteiger partial charge in [-0.05, 0) is 31.0 Å². The van der Waals surface area contributed by atoms with Gasteiger partial charge in [0.25, 0.3) is 0 Å². The first-order valence-corrected chi connectivity index (χ1v) is 7.50. The van der Waals surface area contributed by atoms with Gasteiger partial charge in [-0.3, -0.25) is 0 Å². The summed E-state index contributed by atoms with van der Waals surface area (Å²) in [5, 5.41) is 0.321. The minimum atomic E-state index is 0.268. The van der Waals surface area contributed by atoms with Crippen LogP contribution in [0.25, 0.3) is 0 Å². The van der Waals surface area contributed by atoms with Crippen LogP contribution in [0.2, 0.25) is 0 Å². The Morgan fingerprint density at radius 1 is 1.29 bits per heavy atom. The number of ether oxygens (including phenoxy) is 1. The van der Waals surface area contributed by atoms with E-state index in [0.717, 1.165) is 16.6 Å². The van der Waals surface area contributed by atoms with Gasteiger partial charge in [-0.15, -0.1) is 11.6 Å². The first-order valence-electron chi connectivity index (χ1n) is 6.27. The van der Waals surface area contributed by atoms with E-state index in [1.165, 1.54) is 25.7 Å². The van der Waals surface area contributed by atoms with Crippen LogP contribution in [0.5, 0.6) is 5.75 Å². The quantitative estimate of drug-likeness (QED) is 0.714. The van der Waals surface area contributed by atoms with Crippen LogP contribution in [0, 0.1) is 5.41 Å². The molecular formula is C14H16BrClO. The van der Waals surface area contributed by atoms with E-state index in [4.69, 9.17) is 16.3 Å². The third-order valence-corrected chi connectivity index (χ3v) is 5.40. The first-order chi connectivity index (χ1) is 8.21. The molecule has 92 valence electrons. The molecule has 3 rings (SSSR count). The van der Waals surface area contributed by atoms with Gasteiger partial charge in [-0.25, -0.2) is 0 Å². The molecule has 0 radical (unpaired) electrons. The number of alkyl halides is 1. The van der Waals surface area contributed by atoms with Crippen molar-refractivity contribution < 1.29 is 4.74 Å². The lowest BCUT2D eigenvalue weighted by atomic mass is 9.64. The predicted octanol–water partition coefficient (Wildman–Crippen LogP) is 4.77. The Morgan fingerprint density at radius 3 is 2.71 bits per heavy atom. The molecule has 0 N–H and O–H groups in total. The molecule has 0 saturated heterocycles. The molecule has 3 heteroatoms. The van der Waals surface area contributed by atoms with Crippen molar-refractivity contribution in [3.05, 3.63) is 28.7 Å². The van der Waals surface area contributed by atoms with Gasteiger partial charge in [0, 0.05) is 21.7 Å². The van der Waals surface area contributed by atoms with E-state index in [1.807, 2.05) is 24.3 Å². The Labute approximate surface area is 116 Å². The monoisotopic (exact) mass is 314 g/mol. The molecule has 2 aliphatic carbocycles. The highest BCUT2D eigenvalue weighted by molar-refractivity contribution is 9.10. The predicted molar refractivity (Wildman–Crippen MR) is 73.7 cm³/mol. The van der Waals surface area contributed by atoms with Crippen molar-refractivity contribution in [2.24, 2.45) is 5.41 Å². The highest BCUT2D eigenvalue weighted by atomic mass is 79.9. The second-order valence-corrected chi connectivity index (χ2v) is 6.65. The van der Waals surface area contributed by atoms with Crippen molar-refractivity contribution in [2.45, 2.75) is 43.6 Å². The molecule has 2 fully saturated rings. The van der Waals surface area contributed by atoms with Gasteiger partial charge >= 0.3 is 0 Å². The van der Waals surface area contributed by atoms with Crippen molar-refractivity contribution in [3.8, 4) is 5.75 Å². The normalized spacial score (nSPS) is 30.2. The lowest BCUT2D eigenvalue weighted by Crippen LogP contribution is -2.55. The van der Waals surface area contributed by atoms with Gasteiger partial charge in [0.2, 0.25) is 0 Å². The maximum atomic E-state index is 6.42. The van der Waals surface area contributed by atoms with E-state index < -0.39 is 0 Å². The third kappa shape index (κ3) is 2.00. The minimum absolute atomic E-state index is 0.268. The number of hydrogen-bond donors (Lipinski definition) is 0. The van der Waals surface area contributed by atoms with Crippen LogP contribution >= 0.6 is 27.5 Å². The SMILES string of the molecule is ClC1CC(Oc2cccc(Br)c2)C12CCCC2. The van der Waals surface area contributed by atoms with Gasteiger partial charge < -0.3 is 4.74 Å².